The first-order valence-corrected chi connectivity index (χ1v) is 11.9. The Morgan fingerprint density at radius 1 is 1.15 bits per heavy atom. The number of amides is 2. The lowest BCUT2D eigenvalue weighted by Crippen LogP contribution is -2.49. The van der Waals surface area contributed by atoms with E-state index in [1.54, 1.807) is 18.3 Å². The van der Waals surface area contributed by atoms with Crippen molar-refractivity contribution < 1.29 is 19.1 Å². The third-order valence-electron chi connectivity index (χ3n) is 6.73. The van der Waals surface area contributed by atoms with Crippen molar-refractivity contribution in [3.05, 3.63) is 42.1 Å². The minimum absolute atomic E-state index is 0.0528. The van der Waals surface area contributed by atoms with Gasteiger partial charge in [0.15, 0.2) is 0 Å². The summed E-state index contributed by atoms with van der Waals surface area (Å²) in [5.74, 6) is 0.964. The van der Waals surface area contributed by atoms with Gasteiger partial charge in [0.1, 0.15) is 23.7 Å². The van der Waals surface area contributed by atoms with E-state index in [1.165, 1.54) is 0 Å². The van der Waals surface area contributed by atoms with Gasteiger partial charge in [-0.05, 0) is 47.7 Å². The molecule has 3 heterocycles. The van der Waals surface area contributed by atoms with E-state index in [4.69, 9.17) is 9.47 Å². The monoisotopic (exact) mass is 460 g/mol. The van der Waals surface area contributed by atoms with Gasteiger partial charge in [0.05, 0.1) is 30.6 Å². The van der Waals surface area contributed by atoms with Gasteiger partial charge in [-0.25, -0.2) is 4.98 Å². The normalized spacial score (nSPS) is 22.4. The molecule has 3 fully saturated rings. The first kappa shape index (κ1) is 22.4. The van der Waals surface area contributed by atoms with E-state index in [0.717, 1.165) is 37.1 Å². The number of likely N-dealkylation sites (tertiary alicyclic amines) is 1. The molecule has 1 N–H and O–H groups in total. The second kappa shape index (κ2) is 9.43. The highest BCUT2D eigenvalue weighted by Crippen LogP contribution is 2.42. The Labute approximate surface area is 198 Å². The van der Waals surface area contributed by atoms with E-state index in [0.29, 0.717) is 42.7 Å². The highest BCUT2D eigenvalue weighted by molar-refractivity contribution is 5.99. The van der Waals surface area contributed by atoms with Crippen molar-refractivity contribution in [2.75, 3.05) is 31.6 Å². The molecule has 8 nitrogen and oxygen atoms in total. The molecule has 1 aliphatic carbocycles. The number of nitriles is 1. The van der Waals surface area contributed by atoms with Crippen molar-refractivity contribution in [1.82, 2.24) is 9.88 Å². The lowest BCUT2D eigenvalue weighted by Gasteiger charge is -2.37. The van der Waals surface area contributed by atoms with Crippen molar-refractivity contribution in [2.45, 2.75) is 32.3 Å². The molecule has 0 bridgehead atoms. The lowest BCUT2D eigenvalue weighted by atomic mass is 10.0. The zero-order valence-corrected chi connectivity index (χ0v) is 19.2. The van der Waals surface area contributed by atoms with Crippen LogP contribution in [-0.4, -0.2) is 54.1 Å². The number of ether oxygens (including phenoxy) is 2. The molecule has 8 heteroatoms. The maximum atomic E-state index is 12.7. The van der Waals surface area contributed by atoms with Crippen LogP contribution in [0.1, 0.15) is 31.7 Å². The third-order valence-corrected chi connectivity index (χ3v) is 6.73. The summed E-state index contributed by atoms with van der Waals surface area (Å²) in [5.41, 5.74) is 2.13. The molecular formula is C26H28N4O4. The van der Waals surface area contributed by atoms with Crippen LogP contribution in [0.3, 0.4) is 0 Å². The van der Waals surface area contributed by atoms with Gasteiger partial charge in [-0.1, -0.05) is 13.0 Å². The van der Waals surface area contributed by atoms with E-state index < -0.39 is 0 Å². The highest BCUT2D eigenvalue weighted by Gasteiger charge is 2.50. The van der Waals surface area contributed by atoms with Crippen molar-refractivity contribution >= 4 is 17.6 Å². The summed E-state index contributed by atoms with van der Waals surface area (Å²) < 4.78 is 11.4. The average Bonchev–Trinajstić information content (AvgIpc) is 3.64. The van der Waals surface area contributed by atoms with Gasteiger partial charge < -0.3 is 19.7 Å². The van der Waals surface area contributed by atoms with Crippen LogP contribution < -0.4 is 10.1 Å². The van der Waals surface area contributed by atoms with Gasteiger partial charge in [-0.3, -0.25) is 9.59 Å². The fraction of sp³-hybridized carbons (Fsp3) is 0.462. The fourth-order valence-electron chi connectivity index (χ4n) is 4.64. The number of nitrogens with zero attached hydrogens (tertiary/aromatic N) is 3. The summed E-state index contributed by atoms with van der Waals surface area (Å²) in [4.78, 5) is 31.2. The summed E-state index contributed by atoms with van der Waals surface area (Å²) in [7, 11) is 0. The molecule has 1 aromatic heterocycles. The van der Waals surface area contributed by atoms with Crippen LogP contribution in [-0.2, 0) is 14.3 Å². The van der Waals surface area contributed by atoms with Crippen LogP contribution in [0.15, 0.2) is 36.5 Å². The third kappa shape index (κ3) is 4.75. The van der Waals surface area contributed by atoms with Crippen LogP contribution in [0.4, 0.5) is 5.82 Å². The molecule has 2 aliphatic heterocycles. The zero-order chi connectivity index (χ0) is 23.7. The van der Waals surface area contributed by atoms with E-state index in [9.17, 15) is 14.9 Å². The van der Waals surface area contributed by atoms with Crippen molar-refractivity contribution in [2.24, 2.45) is 17.8 Å². The predicted octanol–water partition coefficient (Wildman–Crippen LogP) is 3.23. The topological polar surface area (TPSA) is 105 Å². The maximum Gasteiger partial charge on any atom is 0.229 e. The van der Waals surface area contributed by atoms with Gasteiger partial charge in [-0.2, -0.15) is 5.26 Å². The van der Waals surface area contributed by atoms with Crippen molar-refractivity contribution in [1.29, 1.82) is 5.26 Å². The summed E-state index contributed by atoms with van der Waals surface area (Å²) in [5, 5.41) is 12.5. The Kier molecular flexibility index (Phi) is 6.20. The number of pyridine rings is 1. The zero-order valence-electron chi connectivity index (χ0n) is 19.2. The number of carbonyl (C=O) groups excluding carboxylic acids is 2. The largest absolute Gasteiger partial charge is 0.489 e. The Morgan fingerprint density at radius 3 is 2.65 bits per heavy atom. The maximum absolute atomic E-state index is 12.7. The molecule has 0 spiro atoms. The number of rotatable bonds is 6. The van der Waals surface area contributed by atoms with Gasteiger partial charge in [0.2, 0.25) is 11.8 Å². The van der Waals surface area contributed by atoms with E-state index in [-0.39, 0.29) is 29.8 Å². The quantitative estimate of drug-likeness (QED) is 0.710. The fourth-order valence-corrected chi connectivity index (χ4v) is 4.64. The summed E-state index contributed by atoms with van der Waals surface area (Å²) in [6.45, 7) is 5.03. The highest BCUT2D eigenvalue weighted by atomic mass is 16.5. The van der Waals surface area contributed by atoms with Crippen LogP contribution in [0.5, 0.6) is 5.75 Å². The second-order valence-electron chi connectivity index (χ2n) is 9.47. The number of nitrogens with one attached hydrogen (secondary N) is 1. The van der Waals surface area contributed by atoms with E-state index in [1.807, 2.05) is 23.1 Å². The number of hydrogen-bond donors (Lipinski definition) is 1. The van der Waals surface area contributed by atoms with Gasteiger partial charge in [0.25, 0.3) is 0 Å². The minimum atomic E-state index is -0.291. The predicted molar refractivity (Wildman–Crippen MR) is 125 cm³/mol. The molecule has 5 rings (SSSR count). The molecule has 0 unspecified atom stereocenters. The Bertz CT molecular complexity index is 1130. The summed E-state index contributed by atoms with van der Waals surface area (Å²) in [6, 6.07) is 11.4. The molecule has 2 amide bonds. The molecular weight excluding hydrogens is 432 g/mol. The Hall–Kier alpha value is -3.44. The standard InChI is InChI=1S/C26H28N4O4/c1-16-14-30(15-16)26(32)22-12-21(22)25(31)29-24-11-18(4-7-28-24)17-2-3-23(19(10-17)13-27)34-20-5-8-33-9-6-20/h2-4,7,10-11,16,20-22H,5-6,8-9,12,14-15H2,1H3,(H,28,29,31)/t21-,22-/m1/s1. The van der Waals surface area contributed by atoms with Gasteiger partial charge in [0, 0.05) is 32.1 Å². The molecule has 2 aromatic rings. The number of aromatic nitrogens is 1. The van der Waals surface area contributed by atoms with Gasteiger partial charge in [-0.15, -0.1) is 0 Å². The van der Waals surface area contributed by atoms with Crippen molar-refractivity contribution in [3.8, 4) is 22.9 Å². The molecule has 34 heavy (non-hydrogen) atoms. The number of benzene rings is 1. The number of hydrogen-bond acceptors (Lipinski definition) is 6. The van der Waals surface area contributed by atoms with Crippen LogP contribution in [0, 0.1) is 29.1 Å². The smallest absolute Gasteiger partial charge is 0.229 e. The van der Waals surface area contributed by atoms with E-state index >= 15 is 0 Å². The molecule has 1 aromatic carbocycles. The van der Waals surface area contributed by atoms with E-state index in [2.05, 4.69) is 23.3 Å². The summed E-state index contributed by atoms with van der Waals surface area (Å²) in [6.07, 6.45) is 3.89. The first-order valence-electron chi connectivity index (χ1n) is 11.9. The van der Waals surface area contributed by atoms with Crippen LogP contribution in [0.2, 0.25) is 0 Å². The van der Waals surface area contributed by atoms with Gasteiger partial charge >= 0.3 is 0 Å². The molecule has 3 aliphatic rings. The second-order valence-corrected chi connectivity index (χ2v) is 9.47. The lowest BCUT2D eigenvalue weighted by molar-refractivity contribution is -0.139. The van der Waals surface area contributed by atoms with Crippen LogP contribution in [0.25, 0.3) is 11.1 Å². The molecule has 0 radical (unpaired) electrons. The van der Waals surface area contributed by atoms with Crippen LogP contribution >= 0.6 is 0 Å². The average molecular weight is 461 g/mol. The minimum Gasteiger partial charge on any atom is -0.489 e. The first-order chi connectivity index (χ1) is 16.5. The summed E-state index contributed by atoms with van der Waals surface area (Å²) >= 11 is 0. The number of anilines is 1. The Balaban J connectivity index is 1.23. The molecule has 176 valence electrons. The Morgan fingerprint density at radius 2 is 1.91 bits per heavy atom. The van der Waals surface area contributed by atoms with Crippen molar-refractivity contribution in [3.63, 3.8) is 0 Å². The molecule has 2 saturated heterocycles. The molecule has 1 saturated carbocycles. The number of carbonyl (C=O) groups is 2. The molecule has 2 atom stereocenters. The SMILES string of the molecule is CC1CN(C(=O)[C@@H]2C[C@H]2C(=O)Nc2cc(-c3ccc(OC4CCOCC4)c(C#N)c3)ccn2)C1.